The molecule has 1 aromatic carbocycles. The maximum Gasteiger partial charge on any atom is 0.340 e. The van der Waals surface area contributed by atoms with Crippen molar-refractivity contribution in [2.24, 2.45) is 16.8 Å². The minimum Gasteiger partial charge on any atom is -0.462 e. The molecular formula is C46H64N2O2. The Morgan fingerprint density at radius 1 is 0.720 bits per heavy atom. The summed E-state index contributed by atoms with van der Waals surface area (Å²) in [6.07, 6.45) is 25.0. The second-order valence-corrected chi connectivity index (χ2v) is 17.5. The number of hydrogen-bond acceptors (Lipinski definition) is 3. The van der Waals surface area contributed by atoms with Crippen molar-refractivity contribution in [3.63, 3.8) is 0 Å². The van der Waals surface area contributed by atoms with Crippen molar-refractivity contribution < 1.29 is 9.53 Å². The second-order valence-electron chi connectivity index (χ2n) is 17.5. The van der Waals surface area contributed by atoms with Gasteiger partial charge in [-0.25, -0.2) is 4.79 Å². The highest BCUT2D eigenvalue weighted by atomic mass is 16.5. The number of aromatic amines is 1. The molecule has 1 aromatic heterocycles. The van der Waals surface area contributed by atoms with Crippen LogP contribution in [0.2, 0.25) is 0 Å². The van der Waals surface area contributed by atoms with Gasteiger partial charge in [0.2, 0.25) is 0 Å². The molecule has 5 aliphatic rings. The van der Waals surface area contributed by atoms with Crippen molar-refractivity contribution in [3.05, 3.63) is 75.3 Å². The Balaban J connectivity index is 1.51. The van der Waals surface area contributed by atoms with Gasteiger partial charge in [-0.1, -0.05) is 122 Å². The van der Waals surface area contributed by atoms with Gasteiger partial charge >= 0.3 is 5.97 Å². The smallest absolute Gasteiger partial charge is 0.340 e. The van der Waals surface area contributed by atoms with Gasteiger partial charge in [0, 0.05) is 17.2 Å². The zero-order valence-electron chi connectivity index (χ0n) is 31.8. The highest BCUT2D eigenvalue weighted by molar-refractivity contribution is 6.24. The topological polar surface area (TPSA) is 54.5 Å². The predicted octanol–water partition coefficient (Wildman–Crippen LogP) is 12.6. The number of esters is 1. The number of rotatable bonds is 8. The molecule has 50 heavy (non-hydrogen) atoms. The van der Waals surface area contributed by atoms with Crippen LogP contribution < -0.4 is 0 Å². The van der Waals surface area contributed by atoms with Gasteiger partial charge in [0.15, 0.2) is 0 Å². The normalized spacial score (nSPS) is 23.3. The van der Waals surface area contributed by atoms with Crippen LogP contribution >= 0.6 is 0 Å². The number of aliphatic imine (C=N–C) groups is 1. The van der Waals surface area contributed by atoms with Crippen LogP contribution in [0, 0.1) is 11.8 Å². The molecular weight excluding hydrogens is 613 g/mol. The first-order valence-electron chi connectivity index (χ1n) is 20.9. The Bertz CT molecular complexity index is 1570. The van der Waals surface area contributed by atoms with Crippen LogP contribution in [0.1, 0.15) is 196 Å². The van der Waals surface area contributed by atoms with Crippen molar-refractivity contribution in [1.82, 2.24) is 4.98 Å². The van der Waals surface area contributed by atoms with Gasteiger partial charge < -0.3 is 9.72 Å². The minimum atomic E-state index is -0.142. The molecule has 0 bridgehead atoms. The maximum atomic E-state index is 14.3. The third-order valence-electron chi connectivity index (χ3n) is 13.0. The van der Waals surface area contributed by atoms with Crippen molar-refractivity contribution in [2.75, 3.05) is 6.61 Å². The first-order chi connectivity index (χ1) is 24.3. The predicted molar refractivity (Wildman–Crippen MR) is 208 cm³/mol. The molecule has 2 aromatic rings. The molecule has 4 fully saturated rings. The summed E-state index contributed by atoms with van der Waals surface area (Å²) in [6, 6.07) is 12.0. The summed E-state index contributed by atoms with van der Waals surface area (Å²) in [4.78, 5) is 24.3. The van der Waals surface area contributed by atoms with E-state index in [0.29, 0.717) is 30.3 Å². The molecule has 4 heteroatoms. The molecule has 4 saturated carbocycles. The van der Waals surface area contributed by atoms with Crippen LogP contribution in [-0.4, -0.2) is 23.3 Å². The van der Waals surface area contributed by atoms with Crippen LogP contribution in [0.25, 0.3) is 5.57 Å². The molecule has 0 radical (unpaired) electrons. The largest absolute Gasteiger partial charge is 0.462 e. The third kappa shape index (κ3) is 7.51. The third-order valence-corrected chi connectivity index (χ3v) is 13.0. The number of aromatic nitrogens is 1. The highest BCUT2D eigenvalue weighted by Gasteiger charge is 2.40. The van der Waals surface area contributed by atoms with Gasteiger partial charge in [-0.3, -0.25) is 4.99 Å². The molecule has 7 rings (SSSR count). The zero-order chi connectivity index (χ0) is 34.7. The number of benzene rings is 1. The molecule has 0 amide bonds. The molecule has 4 nitrogen and oxygen atoms in total. The van der Waals surface area contributed by atoms with Gasteiger partial charge in [0.1, 0.15) is 0 Å². The van der Waals surface area contributed by atoms with Crippen molar-refractivity contribution in [3.8, 4) is 0 Å². The number of hydrogen-bond donors (Lipinski definition) is 1. The number of H-pyrrole nitrogens is 1. The fourth-order valence-corrected chi connectivity index (χ4v) is 10.2. The fourth-order valence-electron chi connectivity index (χ4n) is 10.2. The number of ether oxygens (including phenoxy) is 1. The molecule has 0 unspecified atom stereocenters. The van der Waals surface area contributed by atoms with Gasteiger partial charge in [-0.05, 0) is 110 Å². The van der Waals surface area contributed by atoms with Crippen molar-refractivity contribution in [1.29, 1.82) is 0 Å². The van der Waals surface area contributed by atoms with E-state index >= 15 is 0 Å². The summed E-state index contributed by atoms with van der Waals surface area (Å²) in [5.41, 5.74) is 12.3. The van der Waals surface area contributed by atoms with Crippen LogP contribution in [0.5, 0.6) is 0 Å². The summed E-state index contributed by atoms with van der Waals surface area (Å²) in [5.74, 6) is 1.67. The number of carbonyl (C=O) groups excluding carboxylic acids is 1. The molecule has 0 atom stereocenters. The Morgan fingerprint density at radius 2 is 1.24 bits per heavy atom. The SMILES string of the molecule is CCOC(=O)C1=C(C2CCCCC2)/C(=C(\c2ccc(C(C)(C)C)cc2)c2[nH]c(C3CCCCC3)cc2C2CCCCC2)N=C1C1CCCCC1. The summed E-state index contributed by atoms with van der Waals surface area (Å²) in [7, 11) is 0. The quantitative estimate of drug-likeness (QED) is 0.283. The van der Waals surface area contributed by atoms with Crippen LogP contribution in [-0.2, 0) is 14.9 Å². The molecule has 2 heterocycles. The first-order valence-corrected chi connectivity index (χ1v) is 20.9. The van der Waals surface area contributed by atoms with E-state index in [1.807, 2.05) is 6.92 Å². The number of carbonyl (C=O) groups is 1. The Morgan fingerprint density at radius 3 is 1.78 bits per heavy atom. The van der Waals surface area contributed by atoms with Crippen LogP contribution in [0.4, 0.5) is 0 Å². The summed E-state index contributed by atoms with van der Waals surface area (Å²) in [6.45, 7) is 9.25. The highest BCUT2D eigenvalue weighted by Crippen LogP contribution is 2.49. The molecule has 1 aliphatic heterocycles. The molecule has 270 valence electrons. The summed E-state index contributed by atoms with van der Waals surface area (Å²) >= 11 is 0. The Kier molecular flexibility index (Phi) is 11.2. The molecule has 0 saturated heterocycles. The van der Waals surface area contributed by atoms with Crippen molar-refractivity contribution >= 4 is 17.3 Å². The van der Waals surface area contributed by atoms with E-state index in [1.165, 1.54) is 142 Å². The summed E-state index contributed by atoms with van der Waals surface area (Å²) < 4.78 is 5.95. The van der Waals surface area contributed by atoms with E-state index in [-0.39, 0.29) is 11.4 Å². The van der Waals surface area contributed by atoms with Gasteiger partial charge in [0.25, 0.3) is 0 Å². The fraction of sp³-hybridized carbons (Fsp3) is 0.652. The number of nitrogens with one attached hydrogen (secondary N) is 1. The lowest BCUT2D eigenvalue weighted by Crippen LogP contribution is -2.25. The average Bonchev–Trinajstić information content (AvgIpc) is 3.77. The van der Waals surface area contributed by atoms with E-state index in [0.717, 1.165) is 42.7 Å². The van der Waals surface area contributed by atoms with E-state index in [2.05, 4.69) is 56.1 Å². The number of nitrogens with zero attached hydrogens (tertiary/aromatic N) is 1. The van der Waals surface area contributed by atoms with Crippen LogP contribution in [0.3, 0.4) is 0 Å². The lowest BCUT2D eigenvalue weighted by Gasteiger charge is -2.27. The monoisotopic (exact) mass is 676 g/mol. The van der Waals surface area contributed by atoms with Crippen molar-refractivity contribution in [2.45, 2.75) is 173 Å². The van der Waals surface area contributed by atoms with E-state index in [4.69, 9.17) is 9.73 Å². The Labute approximate surface area is 303 Å². The van der Waals surface area contributed by atoms with Crippen LogP contribution in [0.15, 0.2) is 52.2 Å². The molecule has 4 aliphatic carbocycles. The van der Waals surface area contributed by atoms with E-state index in [1.54, 1.807) is 0 Å². The first kappa shape index (κ1) is 35.5. The molecule has 0 spiro atoms. The van der Waals surface area contributed by atoms with E-state index < -0.39 is 0 Å². The molecule has 1 N–H and O–H groups in total. The second kappa shape index (κ2) is 15.8. The van der Waals surface area contributed by atoms with Gasteiger partial charge in [0.05, 0.1) is 29.3 Å². The average molecular weight is 677 g/mol. The lowest BCUT2D eigenvalue weighted by molar-refractivity contribution is -0.138. The maximum absolute atomic E-state index is 14.3. The standard InChI is InChI=1S/C46H64N2O2/c1-5-50-45(49)41-39(33-22-14-8-15-23-33)44(48-42(41)35-24-16-9-17-25-35)40(34-26-28-36(29-27-34)46(2,3)4)43-37(31-18-10-6-11-19-31)30-38(47-43)32-20-12-7-13-21-32/h26-33,35,47H,5-25H2,1-4H3/b44-40-. The number of allylic oxidation sites excluding steroid dienone is 1. The van der Waals surface area contributed by atoms with E-state index in [9.17, 15) is 4.79 Å². The summed E-state index contributed by atoms with van der Waals surface area (Å²) in [5, 5.41) is 0. The lowest BCUT2D eigenvalue weighted by atomic mass is 9.76. The van der Waals surface area contributed by atoms with Gasteiger partial charge in [-0.2, -0.15) is 0 Å². The zero-order valence-corrected chi connectivity index (χ0v) is 31.8. The Hall–Kier alpha value is -2.88. The van der Waals surface area contributed by atoms with Gasteiger partial charge in [-0.15, -0.1) is 0 Å². The minimum absolute atomic E-state index is 0.0730.